The maximum absolute atomic E-state index is 15.4. The molecule has 7 rings (SSSR count). The number of carbonyl (C=O) groups is 1. The molecule has 0 bridgehead atoms. The van der Waals surface area contributed by atoms with Crippen LogP contribution in [-0.4, -0.2) is 18.1 Å². The number of benzene rings is 6. The third-order valence-corrected chi connectivity index (χ3v) is 10.4. The largest absolute Gasteiger partial charge is 0.447 e. The third kappa shape index (κ3) is 7.94. The van der Waals surface area contributed by atoms with Crippen LogP contribution in [0.15, 0.2) is 66.9 Å². The van der Waals surface area contributed by atoms with Gasteiger partial charge in [-0.2, -0.15) is 4.57 Å². The molecule has 3 nitrogen and oxygen atoms in total. The van der Waals surface area contributed by atoms with Crippen LogP contribution < -0.4 is 26.4 Å². The molecule has 7 aromatic rings. The predicted octanol–water partition coefficient (Wildman–Crippen LogP) is 9.07. The Morgan fingerprint density at radius 3 is 1.04 bits per heavy atom. The van der Waals surface area contributed by atoms with E-state index in [9.17, 15) is 57.5 Å². The van der Waals surface area contributed by atoms with Crippen LogP contribution in [0.5, 0.6) is 0 Å². The van der Waals surface area contributed by atoms with Crippen molar-refractivity contribution >= 4 is 57.4 Å². The average Bonchev–Trinajstić information content (AvgIpc) is 3.31. The number of aromatic nitrogens is 1. The highest BCUT2D eigenvalue weighted by Gasteiger charge is 2.52. The highest BCUT2D eigenvalue weighted by atomic mass is 32.1. The van der Waals surface area contributed by atoms with Crippen molar-refractivity contribution in [3.8, 4) is 0 Å². The fraction of sp³-hybridized carbons (Fsp3) is 0.0476. The molecule has 0 saturated heterocycles. The van der Waals surface area contributed by atoms with Crippen LogP contribution in [0, 0.1) is 116 Å². The lowest BCUT2D eigenvalue weighted by molar-refractivity contribution is -0.689. The SMILES string of the molecule is Fc1c(F)c(F)c([B-](c2c(F)c(F)c(F)c(F)c2F)(c2c(F)c(F)c(F)c(F)c2F)c2c(F)c(F)c(F)c(F)c2F)c(F)c1F.O=C(OCS)c1c2ccccc2cc[n+]1Cc1ccccc1. The van der Waals surface area contributed by atoms with Crippen LogP contribution in [0.2, 0.25) is 0 Å². The number of fused-ring (bicyclic) bond motifs is 1. The standard InChI is InChI=1S/C24BF20.C18H15NO2S/c26-5-1(6(27)14(35)21(42)13(5)34)25(2-7(28)15(36)22(43)16(37)8(2)29,3-9(30)17(38)23(44)18(39)10(3)31)4-11(32)19(40)24(45)20(41)12(4)33;20-18(21-13-22)17-16-9-5-4-8-15(16)10-11-19(17)12-14-6-2-1-3-7-14/h;1-11H,12-13H2/q-1;/p+1. The summed E-state index contributed by atoms with van der Waals surface area (Å²) in [4.78, 5) is 12.4. The molecule has 350 valence electrons. The number of hydrogen-bond donors (Lipinski definition) is 1. The van der Waals surface area contributed by atoms with Gasteiger partial charge in [-0.05, 0) is 11.5 Å². The maximum atomic E-state index is 15.4. The first-order valence-electron chi connectivity index (χ1n) is 18.0. The first-order chi connectivity index (χ1) is 31.5. The van der Waals surface area contributed by atoms with E-state index in [1.165, 1.54) is 0 Å². The molecule has 0 aliphatic heterocycles. The number of rotatable bonds is 8. The molecule has 0 N–H and O–H groups in total. The van der Waals surface area contributed by atoms with Gasteiger partial charge in [-0.15, -0.1) is 34.5 Å². The van der Waals surface area contributed by atoms with Crippen LogP contribution in [-0.2, 0) is 11.3 Å². The van der Waals surface area contributed by atoms with Gasteiger partial charge < -0.3 is 4.74 Å². The lowest BCUT2D eigenvalue weighted by atomic mass is 9.12. The molecule has 6 aromatic carbocycles. The molecule has 0 atom stereocenters. The molecular formula is C42H16BF20NO2S. The van der Waals surface area contributed by atoms with Crippen LogP contribution in [0.25, 0.3) is 10.8 Å². The predicted molar refractivity (Wildman–Crippen MR) is 198 cm³/mol. The summed E-state index contributed by atoms with van der Waals surface area (Å²) in [6, 6.07) is 19.8. The number of hydrogen-bond acceptors (Lipinski definition) is 3. The highest BCUT2D eigenvalue weighted by molar-refractivity contribution is 7.80. The second kappa shape index (κ2) is 18.8. The number of nitrogens with zero attached hydrogens (tertiary/aromatic N) is 1. The Hall–Kier alpha value is -6.79. The molecule has 1 heterocycles. The molecule has 0 unspecified atom stereocenters. The van der Waals surface area contributed by atoms with Crippen molar-refractivity contribution < 1.29 is 102 Å². The van der Waals surface area contributed by atoms with Gasteiger partial charge in [-0.25, -0.2) is 92.6 Å². The molecule has 0 fully saturated rings. The zero-order valence-corrected chi connectivity index (χ0v) is 33.0. The van der Waals surface area contributed by atoms with E-state index in [0.717, 1.165) is 16.3 Å². The zero-order chi connectivity index (χ0) is 49.7. The first kappa shape index (κ1) is 49.6. The van der Waals surface area contributed by atoms with E-state index in [2.05, 4.69) is 12.6 Å². The lowest BCUT2D eigenvalue weighted by Crippen LogP contribution is -2.81. The zero-order valence-electron chi connectivity index (χ0n) is 32.1. The normalized spacial score (nSPS) is 11.5. The third-order valence-electron chi connectivity index (χ3n) is 10.2. The Balaban J connectivity index is 0.000000279. The topological polar surface area (TPSA) is 30.2 Å². The smallest absolute Gasteiger partial charge is 0.405 e. The van der Waals surface area contributed by atoms with Crippen LogP contribution in [0.3, 0.4) is 0 Å². The number of thiol groups is 1. The summed E-state index contributed by atoms with van der Waals surface area (Å²) in [5.74, 6) is -71.7. The molecule has 0 saturated carbocycles. The average molecular weight is 989 g/mol. The fourth-order valence-corrected chi connectivity index (χ4v) is 7.52. The van der Waals surface area contributed by atoms with Gasteiger partial charge in [0, 0.05) is 11.6 Å². The van der Waals surface area contributed by atoms with Crippen molar-refractivity contribution in [3.63, 3.8) is 0 Å². The monoisotopic (exact) mass is 989 g/mol. The van der Waals surface area contributed by atoms with Gasteiger partial charge in [0.1, 0.15) is 58.6 Å². The summed E-state index contributed by atoms with van der Waals surface area (Å²) < 4.78 is 301. The van der Waals surface area contributed by atoms with Gasteiger partial charge in [0.15, 0.2) is 82.5 Å². The van der Waals surface area contributed by atoms with Crippen molar-refractivity contribution in [1.82, 2.24) is 0 Å². The van der Waals surface area contributed by atoms with E-state index in [-0.39, 0.29) is 11.9 Å². The quantitative estimate of drug-likeness (QED) is 0.0241. The van der Waals surface area contributed by atoms with Gasteiger partial charge >= 0.3 is 5.97 Å². The van der Waals surface area contributed by atoms with E-state index in [1.54, 1.807) is 0 Å². The summed E-state index contributed by atoms with van der Waals surface area (Å²) in [5, 5.41) is 1.89. The lowest BCUT2D eigenvalue weighted by Gasteiger charge is -2.44. The highest BCUT2D eigenvalue weighted by Crippen LogP contribution is 2.31. The van der Waals surface area contributed by atoms with E-state index >= 15 is 35.1 Å². The summed E-state index contributed by atoms with van der Waals surface area (Å²) in [6.45, 7) is 0.614. The minimum absolute atomic E-state index is 0.0629. The molecule has 0 spiro atoms. The van der Waals surface area contributed by atoms with Crippen LogP contribution in [0.4, 0.5) is 87.8 Å². The molecule has 25 heteroatoms. The minimum atomic E-state index is -7.22. The number of esters is 1. The van der Waals surface area contributed by atoms with E-state index in [4.69, 9.17) is 4.74 Å². The van der Waals surface area contributed by atoms with E-state index in [1.807, 2.05) is 71.4 Å². The van der Waals surface area contributed by atoms with Gasteiger partial charge in [-0.3, -0.25) is 0 Å². The second-order valence-corrected chi connectivity index (χ2v) is 14.0. The molecule has 0 amide bonds. The van der Waals surface area contributed by atoms with E-state index in [0.29, 0.717) is 12.2 Å². The van der Waals surface area contributed by atoms with Gasteiger partial charge in [-0.1, -0.05) is 48.5 Å². The Morgan fingerprint density at radius 1 is 0.418 bits per heavy atom. The minimum Gasteiger partial charge on any atom is -0.447 e. The van der Waals surface area contributed by atoms with Crippen LogP contribution >= 0.6 is 12.6 Å². The molecule has 1 aromatic heterocycles. The summed E-state index contributed by atoms with van der Waals surface area (Å²) in [6.07, 6.45) is -5.30. The summed E-state index contributed by atoms with van der Waals surface area (Å²) in [5.41, 5.74) is -12.7. The molecular weight excluding hydrogens is 973 g/mol. The Labute approximate surface area is 365 Å². The van der Waals surface area contributed by atoms with Crippen LogP contribution in [0.1, 0.15) is 16.1 Å². The first-order valence-corrected chi connectivity index (χ1v) is 18.6. The van der Waals surface area contributed by atoms with Crippen molar-refractivity contribution in [2.45, 2.75) is 6.54 Å². The molecule has 0 aliphatic rings. The Kier molecular flexibility index (Phi) is 14.0. The number of halogens is 20. The van der Waals surface area contributed by atoms with E-state index < -0.39 is 144 Å². The van der Waals surface area contributed by atoms with Crippen molar-refractivity contribution in [2.75, 3.05) is 5.94 Å². The van der Waals surface area contributed by atoms with Gasteiger partial charge in [0.2, 0.25) is 0 Å². The van der Waals surface area contributed by atoms with Gasteiger partial charge in [0.25, 0.3) is 5.69 Å². The molecule has 67 heavy (non-hydrogen) atoms. The fourth-order valence-electron chi connectivity index (χ4n) is 7.40. The number of ether oxygens (including phenoxy) is 1. The number of carbonyl (C=O) groups excluding carboxylic acids is 1. The number of pyridine rings is 1. The molecule has 0 aliphatic carbocycles. The van der Waals surface area contributed by atoms with Crippen molar-refractivity contribution in [1.29, 1.82) is 0 Å². The Morgan fingerprint density at radius 2 is 0.716 bits per heavy atom. The summed E-state index contributed by atoms with van der Waals surface area (Å²) >= 11 is 3.99. The summed E-state index contributed by atoms with van der Waals surface area (Å²) in [7, 11) is 0. The van der Waals surface area contributed by atoms with Crippen molar-refractivity contribution in [2.24, 2.45) is 0 Å². The van der Waals surface area contributed by atoms with Gasteiger partial charge in [0.05, 0.1) is 5.39 Å². The Bertz CT molecular complexity index is 2780. The maximum Gasteiger partial charge on any atom is 0.405 e. The molecule has 0 radical (unpaired) electrons. The second-order valence-electron chi connectivity index (χ2n) is 13.7. The van der Waals surface area contributed by atoms with Crippen molar-refractivity contribution in [3.05, 3.63) is 194 Å².